The average Bonchev–Trinajstić information content (AvgIpc) is 3.36. The lowest BCUT2D eigenvalue weighted by Gasteiger charge is -2.33. The van der Waals surface area contributed by atoms with E-state index < -0.39 is 0 Å². The Bertz CT molecular complexity index is 1210. The van der Waals surface area contributed by atoms with Crippen molar-refractivity contribution in [3.8, 4) is 5.75 Å². The number of rotatable bonds is 7. The summed E-state index contributed by atoms with van der Waals surface area (Å²) in [6, 6.07) is 5.82. The van der Waals surface area contributed by atoms with Crippen molar-refractivity contribution < 1.29 is 19.1 Å². The molecule has 182 valence electrons. The van der Waals surface area contributed by atoms with E-state index in [2.05, 4.69) is 31.1 Å². The number of fused-ring (bicyclic) bond motifs is 2. The molecular formula is C25H30N2O4S3. The number of ether oxygens (including phenoxy) is 2. The van der Waals surface area contributed by atoms with Gasteiger partial charge in [-0.15, -0.1) is 22.7 Å². The molecule has 1 aliphatic rings. The summed E-state index contributed by atoms with van der Waals surface area (Å²) in [6.07, 6.45) is 2.79. The second-order valence-electron chi connectivity index (χ2n) is 9.38. The van der Waals surface area contributed by atoms with E-state index in [1.165, 1.54) is 35.1 Å². The lowest BCUT2D eigenvalue weighted by molar-refractivity contribution is -0.113. The maximum Gasteiger partial charge on any atom is 0.341 e. The van der Waals surface area contributed by atoms with Crippen molar-refractivity contribution >= 4 is 61.5 Å². The standard InChI is InChI=1S/C25H30N2O4S3/c1-6-31-15-8-10-17-19(12-15)34-24(26-17)32-13-20(28)27-22-21(23(29)30-5)16-9-7-14(25(2,3)4)11-18(16)33-22/h8,10,12,14H,6-7,9,11,13H2,1-5H3,(H,27,28)/t14-/m0/s1. The Morgan fingerprint density at radius 3 is 2.76 bits per heavy atom. The predicted molar refractivity (Wildman–Crippen MR) is 141 cm³/mol. The van der Waals surface area contributed by atoms with Gasteiger partial charge >= 0.3 is 5.97 Å². The van der Waals surface area contributed by atoms with Crippen LogP contribution in [0.25, 0.3) is 10.2 Å². The van der Waals surface area contributed by atoms with Crippen molar-refractivity contribution in [2.75, 3.05) is 24.8 Å². The van der Waals surface area contributed by atoms with Crippen molar-refractivity contribution in [3.05, 3.63) is 34.2 Å². The van der Waals surface area contributed by atoms with Crippen LogP contribution in [0.4, 0.5) is 5.00 Å². The Kier molecular flexibility index (Phi) is 7.54. The first-order valence-electron chi connectivity index (χ1n) is 11.4. The van der Waals surface area contributed by atoms with Gasteiger partial charge in [-0.25, -0.2) is 9.78 Å². The molecule has 0 fully saturated rings. The third kappa shape index (κ3) is 5.42. The van der Waals surface area contributed by atoms with Gasteiger partial charge in [0.05, 0.1) is 35.2 Å². The van der Waals surface area contributed by atoms with Crippen molar-refractivity contribution in [1.29, 1.82) is 0 Å². The molecule has 9 heteroatoms. The number of carbonyl (C=O) groups is 2. The smallest absolute Gasteiger partial charge is 0.341 e. The molecule has 1 aliphatic carbocycles. The third-order valence-electron chi connectivity index (χ3n) is 6.11. The second kappa shape index (κ2) is 10.3. The van der Waals surface area contributed by atoms with Crippen LogP contribution in [0, 0.1) is 11.3 Å². The summed E-state index contributed by atoms with van der Waals surface area (Å²) in [4.78, 5) is 31.2. The van der Waals surface area contributed by atoms with E-state index in [-0.39, 0.29) is 23.0 Å². The van der Waals surface area contributed by atoms with Gasteiger partial charge in [-0.3, -0.25) is 4.79 Å². The summed E-state index contributed by atoms with van der Waals surface area (Å²) < 4.78 is 12.5. The molecule has 1 atom stereocenters. The van der Waals surface area contributed by atoms with Crippen LogP contribution >= 0.6 is 34.4 Å². The Labute approximate surface area is 212 Å². The number of aromatic nitrogens is 1. The number of amides is 1. The topological polar surface area (TPSA) is 77.5 Å². The van der Waals surface area contributed by atoms with E-state index in [9.17, 15) is 9.59 Å². The van der Waals surface area contributed by atoms with Crippen molar-refractivity contribution in [1.82, 2.24) is 4.98 Å². The Morgan fingerprint density at radius 2 is 2.06 bits per heavy atom. The zero-order valence-corrected chi connectivity index (χ0v) is 22.6. The number of anilines is 1. The minimum Gasteiger partial charge on any atom is -0.494 e. The number of nitrogens with one attached hydrogen (secondary N) is 1. The molecule has 0 saturated heterocycles. The number of methoxy groups -OCH3 is 1. The Morgan fingerprint density at radius 1 is 1.26 bits per heavy atom. The fourth-order valence-electron chi connectivity index (χ4n) is 4.22. The lowest BCUT2D eigenvalue weighted by atomic mass is 9.72. The number of thiophene rings is 1. The van der Waals surface area contributed by atoms with Crippen LogP contribution in [-0.2, 0) is 22.4 Å². The average molecular weight is 519 g/mol. The molecule has 4 rings (SSSR count). The highest BCUT2D eigenvalue weighted by Gasteiger charge is 2.34. The summed E-state index contributed by atoms with van der Waals surface area (Å²) in [6.45, 7) is 9.35. The molecule has 0 unspecified atom stereocenters. The normalized spacial score (nSPS) is 15.7. The number of esters is 1. The first-order chi connectivity index (χ1) is 16.2. The Hall–Kier alpha value is -2.10. The highest BCUT2D eigenvalue weighted by atomic mass is 32.2. The van der Waals surface area contributed by atoms with Gasteiger partial charge in [0.1, 0.15) is 10.8 Å². The molecule has 2 heterocycles. The van der Waals surface area contributed by atoms with Gasteiger partial charge in [-0.2, -0.15) is 0 Å². The van der Waals surface area contributed by atoms with E-state index in [0.717, 1.165) is 45.1 Å². The number of thiazole rings is 1. The van der Waals surface area contributed by atoms with Gasteiger partial charge in [-0.1, -0.05) is 32.5 Å². The van der Waals surface area contributed by atoms with Crippen molar-refractivity contribution in [2.45, 2.75) is 51.3 Å². The molecule has 0 spiro atoms. The first-order valence-corrected chi connectivity index (χ1v) is 14.0. The van der Waals surface area contributed by atoms with E-state index in [1.54, 1.807) is 11.3 Å². The monoisotopic (exact) mass is 518 g/mol. The van der Waals surface area contributed by atoms with Gasteiger partial charge in [0.15, 0.2) is 4.34 Å². The predicted octanol–water partition coefficient (Wildman–Crippen LogP) is 6.42. The van der Waals surface area contributed by atoms with Crippen molar-refractivity contribution in [2.24, 2.45) is 11.3 Å². The quantitative estimate of drug-likeness (QED) is 0.287. The molecule has 0 saturated carbocycles. The molecule has 3 aromatic rings. The van der Waals surface area contributed by atoms with Crippen LogP contribution in [0.5, 0.6) is 5.75 Å². The fraction of sp³-hybridized carbons (Fsp3) is 0.480. The minimum atomic E-state index is -0.383. The molecule has 1 aromatic carbocycles. The van der Waals surface area contributed by atoms with E-state index in [4.69, 9.17) is 9.47 Å². The molecule has 1 N–H and O–H groups in total. The van der Waals surface area contributed by atoms with E-state index >= 15 is 0 Å². The number of carbonyl (C=O) groups excluding carboxylic acids is 2. The van der Waals surface area contributed by atoms with Crippen LogP contribution in [-0.4, -0.2) is 36.3 Å². The molecule has 0 bridgehead atoms. The number of thioether (sulfide) groups is 1. The van der Waals surface area contributed by atoms with Gasteiger partial charge < -0.3 is 14.8 Å². The zero-order chi connectivity index (χ0) is 24.5. The SMILES string of the molecule is CCOc1ccc2nc(SCC(=O)Nc3sc4c(c3C(=O)OC)CC[C@H](C(C)(C)C)C4)sc2c1. The summed E-state index contributed by atoms with van der Waals surface area (Å²) in [5.41, 5.74) is 2.66. The van der Waals surface area contributed by atoms with Crippen molar-refractivity contribution in [3.63, 3.8) is 0 Å². The van der Waals surface area contributed by atoms with Crippen LogP contribution in [0.15, 0.2) is 22.5 Å². The summed E-state index contributed by atoms with van der Waals surface area (Å²) >= 11 is 4.45. The Balaban J connectivity index is 1.47. The molecule has 34 heavy (non-hydrogen) atoms. The number of hydrogen-bond acceptors (Lipinski definition) is 8. The summed E-state index contributed by atoms with van der Waals surface area (Å²) in [7, 11) is 1.39. The van der Waals surface area contributed by atoms with Crippen LogP contribution < -0.4 is 10.1 Å². The molecular weight excluding hydrogens is 488 g/mol. The summed E-state index contributed by atoms with van der Waals surface area (Å²) in [5.74, 6) is 1.04. The zero-order valence-electron chi connectivity index (χ0n) is 20.1. The van der Waals surface area contributed by atoms with Gasteiger partial charge in [0.25, 0.3) is 0 Å². The maximum atomic E-state index is 12.8. The number of nitrogens with zero attached hydrogens (tertiary/aromatic N) is 1. The van der Waals surface area contributed by atoms with Crippen LogP contribution in [0.1, 0.15) is 54.9 Å². The fourth-order valence-corrected chi connectivity index (χ4v) is 7.45. The van der Waals surface area contributed by atoms with Gasteiger partial charge in [0, 0.05) is 4.88 Å². The number of hydrogen-bond donors (Lipinski definition) is 1. The summed E-state index contributed by atoms with van der Waals surface area (Å²) in [5, 5.41) is 3.58. The van der Waals surface area contributed by atoms with Crippen LogP contribution in [0.3, 0.4) is 0 Å². The largest absolute Gasteiger partial charge is 0.494 e. The molecule has 0 radical (unpaired) electrons. The minimum absolute atomic E-state index is 0.157. The number of benzene rings is 1. The maximum absolute atomic E-state index is 12.8. The van der Waals surface area contributed by atoms with Gasteiger partial charge in [-0.05, 0) is 61.3 Å². The highest BCUT2D eigenvalue weighted by Crippen LogP contribution is 2.44. The molecule has 6 nitrogen and oxygen atoms in total. The molecule has 1 amide bonds. The lowest BCUT2D eigenvalue weighted by Crippen LogP contribution is -2.26. The first kappa shape index (κ1) is 25.0. The third-order valence-corrected chi connectivity index (χ3v) is 9.44. The van der Waals surface area contributed by atoms with Gasteiger partial charge in [0.2, 0.25) is 5.91 Å². The molecule has 0 aliphatic heterocycles. The molecule has 2 aromatic heterocycles. The van der Waals surface area contributed by atoms with Crippen LogP contribution in [0.2, 0.25) is 0 Å². The van der Waals surface area contributed by atoms with E-state index in [0.29, 0.717) is 23.1 Å². The second-order valence-corrected chi connectivity index (χ2v) is 12.7. The van der Waals surface area contributed by atoms with E-state index in [1.807, 2.05) is 25.1 Å². The highest BCUT2D eigenvalue weighted by molar-refractivity contribution is 8.01.